The molecule has 1 unspecified atom stereocenters. The molecule has 3 rings (SSSR count). The molecule has 0 bridgehead atoms. The molecule has 8 heteroatoms. The van der Waals surface area contributed by atoms with Gasteiger partial charge >= 0.3 is 0 Å². The predicted molar refractivity (Wildman–Crippen MR) is 107 cm³/mol. The molecule has 1 amide bonds. The normalized spacial score (nSPS) is 17.9. The minimum absolute atomic E-state index is 0. The summed E-state index contributed by atoms with van der Waals surface area (Å²) in [5, 5.41) is 10.5. The van der Waals surface area contributed by atoms with Crippen LogP contribution in [-0.4, -0.2) is 41.5 Å². The van der Waals surface area contributed by atoms with E-state index in [0.29, 0.717) is 25.6 Å². The van der Waals surface area contributed by atoms with Gasteiger partial charge in [-0.05, 0) is 30.8 Å². The number of aromatic nitrogens is 1. The third-order valence-electron chi connectivity index (χ3n) is 4.34. The van der Waals surface area contributed by atoms with Crippen molar-refractivity contribution in [3.63, 3.8) is 0 Å². The number of halogens is 1. The average Bonchev–Trinajstić information content (AvgIpc) is 3.25. The van der Waals surface area contributed by atoms with Crippen molar-refractivity contribution < 1.29 is 4.79 Å². The lowest BCUT2D eigenvalue weighted by Gasteiger charge is -2.35. The zero-order valence-electron chi connectivity index (χ0n) is 14.1. The standard InChI is InChI=1S/C17H24N4OS2.ClH/c18-6-4-16(22)19-9-15-3-1-2-7-21(15)10-14-12-24-17(20-14)13-5-8-23-11-13;/h5,8,11-12,15H,1-4,6-7,9-10,18H2,(H,19,22);1H. The Labute approximate surface area is 163 Å². The molecule has 138 valence electrons. The molecule has 0 spiro atoms. The SMILES string of the molecule is Cl.NCCC(=O)NCC1CCCCN1Cc1csc(-c2ccsc2)n1. The lowest BCUT2D eigenvalue weighted by atomic mass is 10.0. The number of nitrogens with zero attached hydrogens (tertiary/aromatic N) is 2. The Morgan fingerprint density at radius 1 is 1.40 bits per heavy atom. The molecule has 3 heterocycles. The van der Waals surface area contributed by atoms with Crippen LogP contribution in [-0.2, 0) is 11.3 Å². The van der Waals surface area contributed by atoms with Crippen LogP contribution in [0.1, 0.15) is 31.4 Å². The fourth-order valence-electron chi connectivity index (χ4n) is 3.06. The molecule has 5 nitrogen and oxygen atoms in total. The summed E-state index contributed by atoms with van der Waals surface area (Å²) in [7, 11) is 0. The van der Waals surface area contributed by atoms with Gasteiger partial charge in [0.2, 0.25) is 5.91 Å². The van der Waals surface area contributed by atoms with Gasteiger partial charge in [-0.25, -0.2) is 4.98 Å². The minimum atomic E-state index is 0. The number of thiazole rings is 1. The van der Waals surface area contributed by atoms with Gasteiger partial charge in [-0.15, -0.1) is 23.7 Å². The van der Waals surface area contributed by atoms with Crippen LogP contribution in [0.15, 0.2) is 22.2 Å². The van der Waals surface area contributed by atoms with Crippen LogP contribution in [0.25, 0.3) is 10.6 Å². The molecule has 3 N–H and O–H groups in total. The van der Waals surface area contributed by atoms with Gasteiger partial charge in [0, 0.05) is 48.4 Å². The second-order valence-corrected chi connectivity index (χ2v) is 7.76. The van der Waals surface area contributed by atoms with Crippen molar-refractivity contribution in [3.05, 3.63) is 27.9 Å². The van der Waals surface area contributed by atoms with Crippen molar-refractivity contribution in [2.75, 3.05) is 19.6 Å². The van der Waals surface area contributed by atoms with Crippen LogP contribution >= 0.6 is 35.1 Å². The quantitative estimate of drug-likeness (QED) is 0.749. The Hall–Kier alpha value is -0.990. The van der Waals surface area contributed by atoms with Crippen LogP contribution in [0.4, 0.5) is 0 Å². The topological polar surface area (TPSA) is 71.2 Å². The maximum atomic E-state index is 11.7. The fraction of sp³-hybridized carbons (Fsp3) is 0.529. The third-order valence-corrected chi connectivity index (χ3v) is 5.96. The molecule has 2 aromatic heterocycles. The Kier molecular flexibility index (Phi) is 8.32. The van der Waals surface area contributed by atoms with Gasteiger partial charge < -0.3 is 11.1 Å². The van der Waals surface area contributed by atoms with E-state index >= 15 is 0 Å². The average molecular weight is 401 g/mol. The second-order valence-electron chi connectivity index (χ2n) is 6.12. The van der Waals surface area contributed by atoms with Crippen LogP contribution < -0.4 is 11.1 Å². The predicted octanol–water partition coefficient (Wildman–Crippen LogP) is 3.11. The molecule has 1 aliphatic rings. The van der Waals surface area contributed by atoms with E-state index < -0.39 is 0 Å². The summed E-state index contributed by atoms with van der Waals surface area (Å²) < 4.78 is 0. The Balaban J connectivity index is 0.00000225. The molecule has 0 aliphatic carbocycles. The van der Waals surface area contributed by atoms with Gasteiger partial charge in [-0.2, -0.15) is 11.3 Å². The zero-order valence-corrected chi connectivity index (χ0v) is 16.6. The van der Waals surface area contributed by atoms with E-state index in [9.17, 15) is 4.79 Å². The first-order chi connectivity index (χ1) is 11.8. The lowest BCUT2D eigenvalue weighted by molar-refractivity contribution is -0.121. The number of carbonyl (C=O) groups is 1. The number of hydrogen-bond donors (Lipinski definition) is 2. The minimum Gasteiger partial charge on any atom is -0.354 e. The highest BCUT2D eigenvalue weighted by atomic mass is 35.5. The number of amides is 1. The van der Waals surface area contributed by atoms with E-state index in [-0.39, 0.29) is 18.3 Å². The summed E-state index contributed by atoms with van der Waals surface area (Å²) in [6.07, 6.45) is 3.98. The van der Waals surface area contributed by atoms with Crippen molar-refractivity contribution in [3.8, 4) is 10.6 Å². The van der Waals surface area contributed by atoms with Crippen molar-refractivity contribution in [2.45, 2.75) is 38.3 Å². The van der Waals surface area contributed by atoms with E-state index in [0.717, 1.165) is 30.2 Å². The van der Waals surface area contributed by atoms with Crippen LogP contribution in [0, 0.1) is 0 Å². The van der Waals surface area contributed by atoms with E-state index in [1.807, 2.05) is 0 Å². The number of hydrogen-bond acceptors (Lipinski definition) is 6. The summed E-state index contributed by atoms with van der Waals surface area (Å²) in [6, 6.07) is 2.51. The summed E-state index contributed by atoms with van der Waals surface area (Å²) in [6.45, 7) is 3.05. The van der Waals surface area contributed by atoms with Crippen LogP contribution in [0.3, 0.4) is 0 Å². The lowest BCUT2D eigenvalue weighted by Crippen LogP contribution is -2.46. The summed E-state index contributed by atoms with van der Waals surface area (Å²) in [5.74, 6) is 0.0522. The van der Waals surface area contributed by atoms with Gasteiger partial charge in [0.25, 0.3) is 0 Å². The highest BCUT2D eigenvalue weighted by Gasteiger charge is 2.23. The number of rotatable bonds is 7. The molecule has 0 aromatic carbocycles. The van der Waals surface area contributed by atoms with E-state index in [1.165, 1.54) is 18.4 Å². The molecular weight excluding hydrogens is 376 g/mol. The number of piperidine rings is 1. The zero-order chi connectivity index (χ0) is 16.8. The maximum absolute atomic E-state index is 11.7. The van der Waals surface area contributed by atoms with Crippen molar-refractivity contribution >= 4 is 41.0 Å². The number of likely N-dealkylation sites (tertiary alicyclic amines) is 1. The summed E-state index contributed by atoms with van der Waals surface area (Å²) in [4.78, 5) is 18.9. The second kappa shape index (κ2) is 10.2. The van der Waals surface area contributed by atoms with Crippen molar-refractivity contribution in [2.24, 2.45) is 5.73 Å². The third kappa shape index (κ3) is 5.76. The first-order valence-corrected chi connectivity index (χ1v) is 10.3. The fourth-order valence-corrected chi connectivity index (χ4v) is 4.58. The molecule has 0 saturated carbocycles. The Bertz CT molecular complexity index is 647. The highest BCUT2D eigenvalue weighted by molar-refractivity contribution is 7.14. The smallest absolute Gasteiger partial charge is 0.221 e. The number of carbonyl (C=O) groups excluding carboxylic acids is 1. The number of nitrogens with two attached hydrogens (primary N) is 1. The van der Waals surface area contributed by atoms with Crippen molar-refractivity contribution in [1.82, 2.24) is 15.2 Å². The molecule has 0 radical (unpaired) electrons. The van der Waals surface area contributed by atoms with Gasteiger partial charge in [0.05, 0.1) is 5.69 Å². The van der Waals surface area contributed by atoms with Gasteiger partial charge in [0.15, 0.2) is 0 Å². The summed E-state index contributed by atoms with van der Waals surface area (Å²) in [5.41, 5.74) is 7.77. The Morgan fingerprint density at radius 2 is 2.28 bits per heavy atom. The molecule has 1 saturated heterocycles. The maximum Gasteiger partial charge on any atom is 0.221 e. The van der Waals surface area contributed by atoms with Crippen LogP contribution in [0.2, 0.25) is 0 Å². The van der Waals surface area contributed by atoms with Crippen molar-refractivity contribution in [1.29, 1.82) is 0 Å². The van der Waals surface area contributed by atoms with E-state index in [4.69, 9.17) is 10.7 Å². The van der Waals surface area contributed by atoms with Gasteiger partial charge in [-0.1, -0.05) is 6.42 Å². The molecule has 1 fully saturated rings. The molecule has 1 aliphatic heterocycles. The van der Waals surface area contributed by atoms with E-state index in [1.54, 1.807) is 22.7 Å². The summed E-state index contributed by atoms with van der Waals surface area (Å²) >= 11 is 3.41. The molecule has 2 aromatic rings. The highest BCUT2D eigenvalue weighted by Crippen LogP contribution is 2.27. The number of nitrogens with one attached hydrogen (secondary N) is 1. The Morgan fingerprint density at radius 3 is 3.04 bits per heavy atom. The van der Waals surface area contributed by atoms with E-state index in [2.05, 4.69) is 32.4 Å². The molecule has 1 atom stereocenters. The van der Waals surface area contributed by atoms with Crippen LogP contribution in [0.5, 0.6) is 0 Å². The monoisotopic (exact) mass is 400 g/mol. The first kappa shape index (κ1) is 20.3. The van der Waals surface area contributed by atoms with Gasteiger partial charge in [-0.3, -0.25) is 9.69 Å². The molecule has 25 heavy (non-hydrogen) atoms. The largest absolute Gasteiger partial charge is 0.354 e. The number of thiophene rings is 1. The van der Waals surface area contributed by atoms with Gasteiger partial charge in [0.1, 0.15) is 5.01 Å². The molecular formula is C17H25ClN4OS2. The first-order valence-electron chi connectivity index (χ1n) is 8.44.